The predicted molar refractivity (Wildman–Crippen MR) is 115 cm³/mol. The molecule has 4 rings (SSSR count). The summed E-state index contributed by atoms with van der Waals surface area (Å²) in [6.07, 6.45) is 1.49. The molecule has 0 aliphatic carbocycles. The highest BCUT2D eigenvalue weighted by Gasteiger charge is 2.16. The molecular formula is C22H17ClN4O2. The number of halogens is 1. The number of nitrogens with one attached hydrogen (secondary N) is 2. The normalized spacial score (nSPS) is 11.1. The largest absolute Gasteiger partial charge is 0.496 e. The Balaban J connectivity index is 1.60. The number of fused-ring (bicyclic) bond motifs is 1. The number of nitrogens with zero attached hydrogens (tertiary/aromatic N) is 2. The van der Waals surface area contributed by atoms with E-state index in [2.05, 4.69) is 20.7 Å². The van der Waals surface area contributed by atoms with E-state index >= 15 is 0 Å². The average Bonchev–Trinajstić information content (AvgIpc) is 3.24. The molecule has 0 aliphatic heterocycles. The third-order valence-corrected chi connectivity index (χ3v) is 4.81. The second-order valence-corrected chi connectivity index (χ2v) is 6.66. The number of methoxy groups -OCH3 is 1. The van der Waals surface area contributed by atoms with Crippen molar-refractivity contribution in [3.8, 4) is 17.0 Å². The van der Waals surface area contributed by atoms with Crippen molar-refractivity contribution < 1.29 is 9.53 Å². The number of benzene rings is 3. The zero-order chi connectivity index (χ0) is 20.2. The fraction of sp³-hybridized carbons (Fsp3) is 0.0455. The minimum atomic E-state index is -0.411. The fourth-order valence-corrected chi connectivity index (χ4v) is 3.24. The number of amides is 1. The number of hydrogen-bond donors (Lipinski definition) is 2. The SMILES string of the molecule is COc1ccc2ccccc2c1-c1cc(C(=O)N/N=C/c2ccccc2Cl)[nH]n1. The molecule has 0 saturated carbocycles. The summed E-state index contributed by atoms with van der Waals surface area (Å²) in [6, 6.07) is 20.7. The number of carbonyl (C=O) groups excluding carboxylic acids is 1. The molecule has 4 aromatic rings. The zero-order valence-corrected chi connectivity index (χ0v) is 16.3. The van der Waals surface area contributed by atoms with Crippen molar-refractivity contribution in [2.75, 3.05) is 7.11 Å². The average molecular weight is 405 g/mol. The van der Waals surface area contributed by atoms with Crippen molar-refractivity contribution in [2.24, 2.45) is 5.10 Å². The molecule has 0 radical (unpaired) electrons. The van der Waals surface area contributed by atoms with Gasteiger partial charge in [0.2, 0.25) is 0 Å². The van der Waals surface area contributed by atoms with Crippen molar-refractivity contribution in [2.45, 2.75) is 0 Å². The van der Waals surface area contributed by atoms with Crippen LogP contribution >= 0.6 is 11.6 Å². The van der Waals surface area contributed by atoms with Gasteiger partial charge in [0, 0.05) is 10.6 Å². The van der Waals surface area contributed by atoms with Gasteiger partial charge in [0.25, 0.3) is 5.91 Å². The van der Waals surface area contributed by atoms with Crippen LogP contribution in [0.5, 0.6) is 5.75 Å². The minimum Gasteiger partial charge on any atom is -0.496 e. The van der Waals surface area contributed by atoms with Crippen LogP contribution in [0.1, 0.15) is 16.1 Å². The van der Waals surface area contributed by atoms with Gasteiger partial charge in [-0.15, -0.1) is 0 Å². The Labute approximate surface area is 172 Å². The quantitative estimate of drug-likeness (QED) is 0.375. The maximum absolute atomic E-state index is 12.4. The summed E-state index contributed by atoms with van der Waals surface area (Å²) >= 11 is 6.07. The van der Waals surface area contributed by atoms with Gasteiger partial charge in [0.15, 0.2) is 0 Å². The number of ether oxygens (including phenoxy) is 1. The van der Waals surface area contributed by atoms with Gasteiger partial charge in [-0.2, -0.15) is 10.2 Å². The summed E-state index contributed by atoms with van der Waals surface area (Å²) < 4.78 is 5.51. The van der Waals surface area contributed by atoms with Crippen LogP contribution in [0.15, 0.2) is 71.8 Å². The summed E-state index contributed by atoms with van der Waals surface area (Å²) in [5.74, 6) is 0.269. The number of carbonyl (C=O) groups is 1. The summed E-state index contributed by atoms with van der Waals surface area (Å²) in [7, 11) is 1.61. The van der Waals surface area contributed by atoms with E-state index in [4.69, 9.17) is 16.3 Å². The summed E-state index contributed by atoms with van der Waals surface area (Å²) in [5, 5.41) is 13.6. The molecule has 29 heavy (non-hydrogen) atoms. The van der Waals surface area contributed by atoms with Crippen LogP contribution in [0, 0.1) is 0 Å². The number of hydrogen-bond acceptors (Lipinski definition) is 4. The second kappa shape index (κ2) is 8.16. The lowest BCUT2D eigenvalue weighted by atomic mass is 10.0. The standard InChI is InChI=1S/C22H17ClN4O2/c1-29-20-11-10-14-6-2-4-8-16(14)21(20)18-12-19(26-25-18)22(28)27-24-13-15-7-3-5-9-17(15)23/h2-13H,1H3,(H,25,26)(H,27,28)/b24-13+. The van der Waals surface area contributed by atoms with Crippen LogP contribution in [-0.4, -0.2) is 29.4 Å². The van der Waals surface area contributed by atoms with E-state index in [0.717, 1.165) is 16.3 Å². The molecule has 0 bridgehead atoms. The molecule has 0 atom stereocenters. The smallest absolute Gasteiger partial charge is 0.289 e. The third kappa shape index (κ3) is 3.83. The van der Waals surface area contributed by atoms with Crippen molar-refractivity contribution in [1.29, 1.82) is 0 Å². The highest BCUT2D eigenvalue weighted by atomic mass is 35.5. The van der Waals surface area contributed by atoms with Crippen molar-refractivity contribution >= 4 is 34.5 Å². The Bertz CT molecular complexity index is 1220. The fourth-order valence-electron chi connectivity index (χ4n) is 3.05. The van der Waals surface area contributed by atoms with Crippen molar-refractivity contribution in [3.05, 3.63) is 83.0 Å². The number of H-pyrrole nitrogens is 1. The summed E-state index contributed by atoms with van der Waals surface area (Å²) in [6.45, 7) is 0. The zero-order valence-electron chi connectivity index (χ0n) is 15.5. The van der Waals surface area contributed by atoms with E-state index in [1.165, 1.54) is 6.21 Å². The lowest BCUT2D eigenvalue weighted by Gasteiger charge is -2.09. The Morgan fingerprint density at radius 2 is 1.93 bits per heavy atom. The molecular weight excluding hydrogens is 388 g/mol. The van der Waals surface area contributed by atoms with Gasteiger partial charge in [-0.3, -0.25) is 9.89 Å². The molecule has 7 heteroatoms. The van der Waals surface area contributed by atoms with E-state index in [-0.39, 0.29) is 5.69 Å². The van der Waals surface area contributed by atoms with Gasteiger partial charge in [-0.25, -0.2) is 5.43 Å². The first kappa shape index (κ1) is 18.7. The Kier molecular flexibility index (Phi) is 5.27. The van der Waals surface area contributed by atoms with Crippen molar-refractivity contribution in [1.82, 2.24) is 15.6 Å². The van der Waals surface area contributed by atoms with Gasteiger partial charge in [-0.1, -0.05) is 60.1 Å². The first-order valence-electron chi connectivity index (χ1n) is 8.87. The van der Waals surface area contributed by atoms with E-state index in [0.29, 0.717) is 22.0 Å². The predicted octanol–water partition coefficient (Wildman–Crippen LogP) is 4.66. The molecule has 3 aromatic carbocycles. The molecule has 0 saturated heterocycles. The second-order valence-electron chi connectivity index (χ2n) is 6.25. The topological polar surface area (TPSA) is 79.4 Å². The van der Waals surface area contributed by atoms with Crippen molar-refractivity contribution in [3.63, 3.8) is 0 Å². The number of aromatic amines is 1. The highest BCUT2D eigenvalue weighted by molar-refractivity contribution is 6.33. The van der Waals surface area contributed by atoms with Crippen LogP contribution in [0.3, 0.4) is 0 Å². The van der Waals surface area contributed by atoms with Crippen LogP contribution in [-0.2, 0) is 0 Å². The molecule has 1 amide bonds. The molecule has 1 aromatic heterocycles. The first-order chi connectivity index (χ1) is 14.2. The molecule has 0 unspecified atom stereocenters. The summed E-state index contributed by atoms with van der Waals surface area (Å²) in [5.41, 5.74) is 4.90. The van der Waals surface area contributed by atoms with Gasteiger partial charge >= 0.3 is 0 Å². The minimum absolute atomic E-state index is 0.284. The lowest BCUT2D eigenvalue weighted by Crippen LogP contribution is -2.18. The highest BCUT2D eigenvalue weighted by Crippen LogP contribution is 2.36. The molecule has 0 aliphatic rings. The Morgan fingerprint density at radius 1 is 1.14 bits per heavy atom. The third-order valence-electron chi connectivity index (χ3n) is 4.46. The van der Waals surface area contributed by atoms with Gasteiger partial charge in [0.1, 0.15) is 11.4 Å². The number of hydrazone groups is 1. The van der Waals surface area contributed by atoms with E-state index < -0.39 is 5.91 Å². The lowest BCUT2D eigenvalue weighted by molar-refractivity contribution is 0.0950. The van der Waals surface area contributed by atoms with Crippen LogP contribution in [0.4, 0.5) is 0 Å². The molecule has 1 heterocycles. The van der Waals surface area contributed by atoms with Gasteiger partial charge < -0.3 is 4.74 Å². The number of rotatable bonds is 5. The maximum atomic E-state index is 12.4. The summed E-state index contributed by atoms with van der Waals surface area (Å²) in [4.78, 5) is 12.4. The van der Waals surface area contributed by atoms with E-state index in [1.807, 2.05) is 48.5 Å². The Morgan fingerprint density at radius 3 is 2.76 bits per heavy atom. The molecule has 0 fully saturated rings. The van der Waals surface area contributed by atoms with Gasteiger partial charge in [0.05, 0.1) is 24.6 Å². The van der Waals surface area contributed by atoms with Gasteiger partial charge in [-0.05, 0) is 29.0 Å². The van der Waals surface area contributed by atoms with Crippen LogP contribution < -0.4 is 10.2 Å². The Hall–Kier alpha value is -3.64. The molecule has 0 spiro atoms. The molecule has 2 N–H and O–H groups in total. The van der Waals surface area contributed by atoms with E-state index in [1.54, 1.807) is 25.3 Å². The number of aromatic nitrogens is 2. The van der Waals surface area contributed by atoms with Crippen LogP contribution in [0.25, 0.3) is 22.0 Å². The molecule has 6 nitrogen and oxygen atoms in total. The maximum Gasteiger partial charge on any atom is 0.289 e. The van der Waals surface area contributed by atoms with E-state index in [9.17, 15) is 4.79 Å². The monoisotopic (exact) mass is 404 g/mol. The molecule has 144 valence electrons. The van der Waals surface area contributed by atoms with Crippen LogP contribution in [0.2, 0.25) is 5.02 Å². The first-order valence-corrected chi connectivity index (χ1v) is 9.24.